The molecular formula is C12H16BrNO3S. The van der Waals surface area contributed by atoms with Crippen molar-refractivity contribution >= 4 is 31.7 Å². The molecule has 0 radical (unpaired) electrons. The van der Waals surface area contributed by atoms with Crippen molar-refractivity contribution in [3.63, 3.8) is 0 Å². The second-order valence-corrected chi connectivity index (χ2v) is 7.48. The number of hydrogen-bond acceptors (Lipinski definition) is 3. The molecule has 0 spiro atoms. The lowest BCUT2D eigenvalue weighted by molar-refractivity contribution is -0.129. The normalized spacial score (nSPS) is 13.1. The van der Waals surface area contributed by atoms with E-state index in [2.05, 4.69) is 15.9 Å². The van der Waals surface area contributed by atoms with Crippen LogP contribution in [0.5, 0.6) is 0 Å². The third-order valence-electron chi connectivity index (χ3n) is 2.73. The molecule has 1 rings (SSSR count). The quantitative estimate of drug-likeness (QED) is 0.844. The number of sulfone groups is 1. The van der Waals surface area contributed by atoms with Crippen LogP contribution >= 0.6 is 15.9 Å². The van der Waals surface area contributed by atoms with Gasteiger partial charge in [0.25, 0.3) is 0 Å². The van der Waals surface area contributed by atoms with Gasteiger partial charge in [0.15, 0.2) is 9.84 Å². The molecular weight excluding hydrogens is 318 g/mol. The summed E-state index contributed by atoms with van der Waals surface area (Å²) in [6.45, 7) is 1.79. The fourth-order valence-electron chi connectivity index (χ4n) is 1.45. The zero-order valence-corrected chi connectivity index (χ0v) is 13.0. The van der Waals surface area contributed by atoms with Crippen molar-refractivity contribution in [1.82, 2.24) is 4.90 Å². The second-order valence-electron chi connectivity index (χ2n) is 4.26. The van der Waals surface area contributed by atoms with Crippen LogP contribution in [0.1, 0.15) is 12.5 Å². The molecule has 0 aliphatic carbocycles. The number of carbonyl (C=O) groups is 1. The summed E-state index contributed by atoms with van der Waals surface area (Å²) in [5.41, 5.74) is 0.939. The van der Waals surface area contributed by atoms with Crippen LogP contribution in [0.25, 0.3) is 0 Å². The molecule has 18 heavy (non-hydrogen) atoms. The number of nitrogens with zero attached hydrogens (tertiary/aromatic N) is 1. The third kappa shape index (κ3) is 3.81. The zero-order chi connectivity index (χ0) is 13.9. The van der Waals surface area contributed by atoms with Gasteiger partial charge in [-0.3, -0.25) is 4.79 Å². The zero-order valence-electron chi connectivity index (χ0n) is 10.6. The molecule has 100 valence electrons. The Kier molecular flexibility index (Phi) is 4.92. The van der Waals surface area contributed by atoms with E-state index in [4.69, 9.17) is 0 Å². The van der Waals surface area contributed by atoms with E-state index in [0.717, 1.165) is 16.3 Å². The summed E-state index contributed by atoms with van der Waals surface area (Å²) in [5.74, 6) is -0.395. The van der Waals surface area contributed by atoms with Gasteiger partial charge in [-0.25, -0.2) is 8.42 Å². The lowest BCUT2D eigenvalue weighted by atomic mass is 10.2. The molecule has 0 fully saturated rings. The monoisotopic (exact) mass is 333 g/mol. The molecule has 4 nitrogen and oxygen atoms in total. The standard InChI is InChI=1S/C12H16BrNO3S/c1-9(18(3,16)17)12(15)14(2)8-10-6-4-5-7-11(10)13/h4-7,9H,8H2,1-3H3. The average molecular weight is 334 g/mol. The van der Waals surface area contributed by atoms with E-state index < -0.39 is 21.0 Å². The predicted octanol–water partition coefficient (Wildman–Crippen LogP) is 1.84. The van der Waals surface area contributed by atoms with E-state index in [1.807, 2.05) is 24.3 Å². The van der Waals surface area contributed by atoms with Crippen LogP contribution in [-0.2, 0) is 21.2 Å². The number of benzene rings is 1. The van der Waals surface area contributed by atoms with Crippen molar-refractivity contribution in [1.29, 1.82) is 0 Å². The molecule has 1 atom stereocenters. The van der Waals surface area contributed by atoms with Crippen LogP contribution in [0.3, 0.4) is 0 Å². The van der Waals surface area contributed by atoms with Gasteiger partial charge in [0.1, 0.15) is 5.25 Å². The van der Waals surface area contributed by atoms with E-state index in [1.165, 1.54) is 11.8 Å². The number of carbonyl (C=O) groups excluding carboxylic acids is 1. The van der Waals surface area contributed by atoms with Crippen molar-refractivity contribution in [2.24, 2.45) is 0 Å². The van der Waals surface area contributed by atoms with Gasteiger partial charge in [0.05, 0.1) is 0 Å². The molecule has 0 aliphatic heterocycles. The van der Waals surface area contributed by atoms with E-state index in [0.29, 0.717) is 6.54 Å². The summed E-state index contributed by atoms with van der Waals surface area (Å²) in [5, 5.41) is -1.01. The van der Waals surface area contributed by atoms with Gasteiger partial charge in [-0.15, -0.1) is 0 Å². The molecule has 1 unspecified atom stereocenters. The topological polar surface area (TPSA) is 54.5 Å². The summed E-state index contributed by atoms with van der Waals surface area (Å²) in [6, 6.07) is 7.53. The van der Waals surface area contributed by atoms with Crippen LogP contribution in [-0.4, -0.2) is 37.8 Å². The molecule has 6 heteroatoms. The Bertz CT molecular complexity index is 542. The van der Waals surface area contributed by atoms with Crippen molar-refractivity contribution < 1.29 is 13.2 Å². The molecule has 0 saturated heterocycles. The first-order valence-corrected chi connectivity index (χ1v) is 8.15. The number of amides is 1. The molecule has 1 amide bonds. The summed E-state index contributed by atoms with van der Waals surface area (Å²) < 4.78 is 23.6. The Morgan fingerprint density at radius 1 is 1.39 bits per heavy atom. The van der Waals surface area contributed by atoms with Crippen LogP contribution in [0.4, 0.5) is 0 Å². The Labute approximate surface area is 116 Å². The van der Waals surface area contributed by atoms with Crippen molar-refractivity contribution in [3.8, 4) is 0 Å². The highest BCUT2D eigenvalue weighted by Crippen LogP contribution is 2.18. The first-order valence-electron chi connectivity index (χ1n) is 5.40. The molecule has 0 saturated carbocycles. The highest BCUT2D eigenvalue weighted by molar-refractivity contribution is 9.10. The first-order chi connectivity index (χ1) is 8.23. The highest BCUT2D eigenvalue weighted by Gasteiger charge is 2.26. The lowest BCUT2D eigenvalue weighted by Gasteiger charge is -2.21. The average Bonchev–Trinajstić information content (AvgIpc) is 2.29. The van der Waals surface area contributed by atoms with Gasteiger partial charge in [0.2, 0.25) is 5.91 Å². The van der Waals surface area contributed by atoms with Crippen LogP contribution < -0.4 is 0 Å². The Hall–Kier alpha value is -0.880. The fraction of sp³-hybridized carbons (Fsp3) is 0.417. The SMILES string of the molecule is CC(C(=O)N(C)Cc1ccccc1Br)S(C)(=O)=O. The minimum atomic E-state index is -3.35. The third-order valence-corrected chi connectivity index (χ3v) is 4.99. The van der Waals surface area contributed by atoms with E-state index in [9.17, 15) is 13.2 Å². The van der Waals surface area contributed by atoms with E-state index in [-0.39, 0.29) is 0 Å². The second kappa shape index (κ2) is 5.84. The number of halogens is 1. The van der Waals surface area contributed by atoms with Crippen molar-refractivity contribution in [2.45, 2.75) is 18.7 Å². The summed E-state index contributed by atoms with van der Waals surface area (Å²) in [6.07, 6.45) is 1.07. The fourth-order valence-corrected chi connectivity index (χ4v) is 2.41. The molecule has 0 aliphatic rings. The smallest absolute Gasteiger partial charge is 0.240 e. The van der Waals surface area contributed by atoms with E-state index in [1.54, 1.807) is 7.05 Å². The molecule has 1 aromatic rings. The molecule has 0 aromatic heterocycles. The van der Waals surface area contributed by atoms with E-state index >= 15 is 0 Å². The summed E-state index contributed by atoms with van der Waals surface area (Å²) >= 11 is 3.39. The minimum Gasteiger partial charge on any atom is -0.340 e. The van der Waals surface area contributed by atoms with Gasteiger partial charge in [-0.05, 0) is 18.6 Å². The molecule has 1 aromatic carbocycles. The van der Waals surface area contributed by atoms with Gasteiger partial charge in [-0.2, -0.15) is 0 Å². The van der Waals surface area contributed by atoms with Gasteiger partial charge in [0, 0.05) is 24.3 Å². The maximum atomic E-state index is 11.9. The number of rotatable bonds is 4. The van der Waals surface area contributed by atoms with Gasteiger partial charge < -0.3 is 4.90 Å². The predicted molar refractivity (Wildman–Crippen MR) is 74.9 cm³/mol. The van der Waals surface area contributed by atoms with Crippen LogP contribution in [0, 0.1) is 0 Å². The Morgan fingerprint density at radius 2 is 1.94 bits per heavy atom. The minimum absolute atomic E-state index is 0.375. The van der Waals surface area contributed by atoms with Crippen molar-refractivity contribution in [3.05, 3.63) is 34.3 Å². The maximum Gasteiger partial charge on any atom is 0.240 e. The summed E-state index contributed by atoms with van der Waals surface area (Å²) in [7, 11) is -1.75. The molecule has 0 bridgehead atoms. The summed E-state index contributed by atoms with van der Waals surface area (Å²) in [4.78, 5) is 13.4. The van der Waals surface area contributed by atoms with Crippen LogP contribution in [0.15, 0.2) is 28.7 Å². The van der Waals surface area contributed by atoms with Crippen LogP contribution in [0.2, 0.25) is 0 Å². The molecule has 0 N–H and O–H groups in total. The lowest BCUT2D eigenvalue weighted by Crippen LogP contribution is -2.38. The Morgan fingerprint density at radius 3 is 2.44 bits per heavy atom. The Balaban J connectivity index is 2.81. The first kappa shape index (κ1) is 15.2. The number of hydrogen-bond donors (Lipinski definition) is 0. The molecule has 0 heterocycles. The van der Waals surface area contributed by atoms with Gasteiger partial charge >= 0.3 is 0 Å². The van der Waals surface area contributed by atoms with Gasteiger partial charge in [-0.1, -0.05) is 34.1 Å². The maximum absolute atomic E-state index is 11.9. The van der Waals surface area contributed by atoms with Crippen molar-refractivity contribution in [2.75, 3.05) is 13.3 Å². The largest absolute Gasteiger partial charge is 0.340 e. The highest BCUT2D eigenvalue weighted by atomic mass is 79.9.